The molecule has 2 aromatic rings. The van der Waals surface area contributed by atoms with Gasteiger partial charge in [0.15, 0.2) is 16.6 Å². The van der Waals surface area contributed by atoms with E-state index in [0.717, 1.165) is 22.8 Å². The Kier molecular flexibility index (Phi) is 4.26. The first-order chi connectivity index (χ1) is 10.6. The number of hydrogen-bond donors (Lipinski definition) is 1. The first kappa shape index (κ1) is 14.8. The molecule has 22 heavy (non-hydrogen) atoms. The highest BCUT2D eigenvalue weighted by atomic mass is 32.1. The molecule has 116 valence electrons. The van der Waals surface area contributed by atoms with Gasteiger partial charge in [-0.25, -0.2) is 4.98 Å². The average molecular weight is 319 g/mol. The molecule has 2 heterocycles. The third kappa shape index (κ3) is 3.55. The Labute approximate surface area is 132 Å². The van der Waals surface area contributed by atoms with Crippen LogP contribution in [0.2, 0.25) is 0 Å². The molecule has 1 aliphatic heterocycles. The van der Waals surface area contributed by atoms with Crippen LogP contribution in [0.3, 0.4) is 0 Å². The van der Waals surface area contributed by atoms with Gasteiger partial charge in [0.1, 0.15) is 0 Å². The number of benzene rings is 1. The van der Waals surface area contributed by atoms with Crippen LogP contribution in [0.25, 0.3) is 0 Å². The van der Waals surface area contributed by atoms with Gasteiger partial charge in [-0.15, -0.1) is 11.3 Å². The Balaban J connectivity index is 1.53. The van der Waals surface area contributed by atoms with Crippen LogP contribution in [0.5, 0.6) is 11.5 Å². The summed E-state index contributed by atoms with van der Waals surface area (Å²) in [7, 11) is 1.90. The standard InChI is InChI=1S/C15H17N3O3S/c1-10-8-22-15(16-10)17-14(19)7-18(2)6-11-3-4-12-13(5-11)21-9-20-12/h3-5,8H,6-7,9H2,1-2H3,(H,16,17,19). The van der Waals surface area contributed by atoms with Crippen molar-refractivity contribution in [2.75, 3.05) is 25.7 Å². The number of anilines is 1. The zero-order valence-electron chi connectivity index (χ0n) is 12.5. The third-order valence-electron chi connectivity index (χ3n) is 3.17. The van der Waals surface area contributed by atoms with Gasteiger partial charge in [-0.2, -0.15) is 0 Å². The van der Waals surface area contributed by atoms with Gasteiger partial charge in [0, 0.05) is 11.9 Å². The maximum Gasteiger partial charge on any atom is 0.240 e. The molecule has 1 aromatic heterocycles. The number of hydrogen-bond acceptors (Lipinski definition) is 6. The largest absolute Gasteiger partial charge is 0.454 e. The van der Waals surface area contributed by atoms with Gasteiger partial charge in [-0.1, -0.05) is 6.07 Å². The maximum absolute atomic E-state index is 12.0. The molecule has 1 aromatic carbocycles. The summed E-state index contributed by atoms with van der Waals surface area (Å²) in [5.41, 5.74) is 1.98. The van der Waals surface area contributed by atoms with Crippen LogP contribution in [0.15, 0.2) is 23.6 Å². The van der Waals surface area contributed by atoms with Gasteiger partial charge >= 0.3 is 0 Å². The van der Waals surface area contributed by atoms with Crippen LogP contribution in [-0.2, 0) is 11.3 Å². The number of rotatable bonds is 5. The minimum absolute atomic E-state index is 0.0717. The van der Waals surface area contributed by atoms with Gasteiger partial charge in [-0.05, 0) is 31.7 Å². The monoisotopic (exact) mass is 319 g/mol. The smallest absolute Gasteiger partial charge is 0.240 e. The van der Waals surface area contributed by atoms with Crippen LogP contribution >= 0.6 is 11.3 Å². The number of amides is 1. The van der Waals surface area contributed by atoms with E-state index in [1.807, 2.05) is 42.5 Å². The average Bonchev–Trinajstić information content (AvgIpc) is 3.06. The summed E-state index contributed by atoms with van der Waals surface area (Å²) >= 11 is 1.43. The van der Waals surface area contributed by atoms with Crippen LogP contribution in [-0.4, -0.2) is 36.2 Å². The van der Waals surface area contributed by atoms with E-state index < -0.39 is 0 Å². The van der Waals surface area contributed by atoms with Gasteiger partial charge in [-0.3, -0.25) is 9.69 Å². The fraction of sp³-hybridized carbons (Fsp3) is 0.333. The number of aromatic nitrogens is 1. The molecule has 0 aliphatic carbocycles. The fourth-order valence-electron chi connectivity index (χ4n) is 2.22. The van der Waals surface area contributed by atoms with Crippen LogP contribution in [0.4, 0.5) is 5.13 Å². The summed E-state index contributed by atoms with van der Waals surface area (Å²) in [6, 6.07) is 5.82. The Morgan fingerprint density at radius 2 is 2.23 bits per heavy atom. The minimum atomic E-state index is -0.0717. The van der Waals surface area contributed by atoms with Crippen molar-refractivity contribution in [1.29, 1.82) is 0 Å². The van der Waals surface area contributed by atoms with Crippen molar-refractivity contribution < 1.29 is 14.3 Å². The Hall–Kier alpha value is -2.12. The molecule has 7 heteroatoms. The molecule has 0 saturated heterocycles. The second-order valence-corrected chi connectivity index (χ2v) is 6.06. The van der Waals surface area contributed by atoms with Gasteiger partial charge in [0.05, 0.1) is 12.2 Å². The molecule has 1 N–H and O–H groups in total. The highest BCUT2D eigenvalue weighted by Gasteiger charge is 2.15. The van der Waals surface area contributed by atoms with Crippen LogP contribution < -0.4 is 14.8 Å². The van der Waals surface area contributed by atoms with Crippen molar-refractivity contribution in [3.05, 3.63) is 34.8 Å². The summed E-state index contributed by atoms with van der Waals surface area (Å²) in [5, 5.41) is 5.35. The van der Waals surface area contributed by atoms with E-state index in [-0.39, 0.29) is 12.7 Å². The number of ether oxygens (including phenoxy) is 2. The highest BCUT2D eigenvalue weighted by Crippen LogP contribution is 2.32. The van der Waals surface area contributed by atoms with E-state index in [1.165, 1.54) is 11.3 Å². The zero-order chi connectivity index (χ0) is 15.5. The summed E-state index contributed by atoms with van der Waals surface area (Å²) in [6.07, 6.45) is 0. The lowest BCUT2D eigenvalue weighted by Gasteiger charge is -2.16. The molecular weight excluding hydrogens is 302 g/mol. The van der Waals surface area contributed by atoms with Crippen molar-refractivity contribution in [1.82, 2.24) is 9.88 Å². The quantitative estimate of drug-likeness (QED) is 0.916. The topological polar surface area (TPSA) is 63.7 Å². The molecule has 0 radical (unpaired) electrons. The molecular formula is C15H17N3O3S. The van der Waals surface area contributed by atoms with E-state index in [2.05, 4.69) is 10.3 Å². The van der Waals surface area contributed by atoms with Crippen molar-refractivity contribution in [3.63, 3.8) is 0 Å². The summed E-state index contributed by atoms with van der Waals surface area (Å²) < 4.78 is 10.6. The number of likely N-dealkylation sites (N-methyl/N-ethyl adjacent to an activating group) is 1. The molecule has 0 atom stereocenters. The second-order valence-electron chi connectivity index (χ2n) is 5.20. The van der Waals surface area contributed by atoms with Gasteiger partial charge in [0.25, 0.3) is 0 Å². The zero-order valence-corrected chi connectivity index (χ0v) is 13.3. The Morgan fingerprint density at radius 3 is 3.00 bits per heavy atom. The van der Waals surface area contributed by atoms with E-state index in [0.29, 0.717) is 18.2 Å². The van der Waals surface area contributed by atoms with Crippen LogP contribution in [0, 0.1) is 6.92 Å². The summed E-state index contributed by atoms with van der Waals surface area (Å²) in [4.78, 5) is 18.1. The van der Waals surface area contributed by atoms with E-state index in [9.17, 15) is 4.79 Å². The van der Waals surface area contributed by atoms with Crippen molar-refractivity contribution in [3.8, 4) is 11.5 Å². The number of thiazole rings is 1. The molecule has 3 rings (SSSR count). The van der Waals surface area contributed by atoms with Crippen molar-refractivity contribution >= 4 is 22.4 Å². The third-order valence-corrected chi connectivity index (χ3v) is 4.04. The number of carbonyl (C=O) groups is 1. The maximum atomic E-state index is 12.0. The summed E-state index contributed by atoms with van der Waals surface area (Å²) in [5.74, 6) is 1.45. The Bertz CT molecular complexity index is 686. The first-order valence-corrected chi connectivity index (χ1v) is 7.77. The molecule has 6 nitrogen and oxygen atoms in total. The van der Waals surface area contributed by atoms with E-state index in [1.54, 1.807) is 0 Å². The van der Waals surface area contributed by atoms with E-state index in [4.69, 9.17) is 9.47 Å². The fourth-order valence-corrected chi connectivity index (χ4v) is 2.93. The van der Waals surface area contributed by atoms with E-state index >= 15 is 0 Å². The molecule has 0 bridgehead atoms. The van der Waals surface area contributed by atoms with Crippen LogP contribution in [0.1, 0.15) is 11.3 Å². The summed E-state index contributed by atoms with van der Waals surface area (Å²) in [6.45, 7) is 3.12. The molecule has 0 saturated carbocycles. The lowest BCUT2D eigenvalue weighted by Crippen LogP contribution is -2.29. The molecule has 1 aliphatic rings. The Morgan fingerprint density at radius 1 is 1.41 bits per heavy atom. The lowest BCUT2D eigenvalue weighted by molar-refractivity contribution is -0.117. The number of aryl methyl sites for hydroxylation is 1. The molecule has 1 amide bonds. The minimum Gasteiger partial charge on any atom is -0.454 e. The van der Waals surface area contributed by atoms with Gasteiger partial charge in [0.2, 0.25) is 12.7 Å². The lowest BCUT2D eigenvalue weighted by atomic mass is 10.2. The number of carbonyl (C=O) groups excluding carboxylic acids is 1. The molecule has 0 fully saturated rings. The molecule has 0 unspecified atom stereocenters. The van der Waals surface area contributed by atoms with Gasteiger partial charge < -0.3 is 14.8 Å². The molecule has 0 spiro atoms. The predicted molar refractivity (Wildman–Crippen MR) is 84.4 cm³/mol. The number of fused-ring (bicyclic) bond motifs is 1. The number of nitrogens with one attached hydrogen (secondary N) is 1. The predicted octanol–water partition coefficient (Wildman–Crippen LogP) is 2.25. The van der Waals surface area contributed by atoms with Crippen molar-refractivity contribution in [2.45, 2.75) is 13.5 Å². The normalized spacial score (nSPS) is 12.7. The SMILES string of the molecule is Cc1csc(NC(=O)CN(C)Cc2ccc3c(c2)OCO3)n1. The second kappa shape index (κ2) is 6.33. The number of nitrogens with zero attached hydrogens (tertiary/aromatic N) is 2. The highest BCUT2D eigenvalue weighted by molar-refractivity contribution is 7.13. The van der Waals surface area contributed by atoms with Crippen molar-refractivity contribution in [2.24, 2.45) is 0 Å². The first-order valence-electron chi connectivity index (χ1n) is 6.89.